The van der Waals surface area contributed by atoms with Gasteiger partial charge in [-0.2, -0.15) is 23.3 Å². The van der Waals surface area contributed by atoms with E-state index in [1.807, 2.05) is 0 Å². The van der Waals surface area contributed by atoms with Crippen LogP contribution in [0.2, 0.25) is 10.0 Å². The van der Waals surface area contributed by atoms with Gasteiger partial charge in [-0.15, -0.1) is 0 Å². The quantitative estimate of drug-likeness (QED) is 0.851. The largest absolute Gasteiger partial charge is 0.438 e. The molecule has 4 nitrogen and oxygen atoms in total. The lowest BCUT2D eigenvalue weighted by Crippen LogP contribution is -2.56. The van der Waals surface area contributed by atoms with Gasteiger partial charge in [0.05, 0.1) is 10.0 Å². The fraction of sp³-hybridized carbons (Fsp3) is 0.333. The van der Waals surface area contributed by atoms with Crippen LogP contribution in [0.4, 0.5) is 13.2 Å². The molecule has 0 spiro atoms. The van der Waals surface area contributed by atoms with Crippen LogP contribution >= 0.6 is 23.2 Å². The van der Waals surface area contributed by atoms with Crippen molar-refractivity contribution in [3.8, 4) is 0 Å². The van der Waals surface area contributed by atoms with Crippen LogP contribution in [-0.4, -0.2) is 33.6 Å². The third-order valence-electron chi connectivity index (χ3n) is 2.94. The summed E-state index contributed by atoms with van der Waals surface area (Å²) in [6.07, 6.45) is -5.84. The Kier molecular flexibility index (Phi) is 3.94. The van der Waals surface area contributed by atoms with E-state index in [1.165, 1.54) is 19.1 Å². The lowest BCUT2D eigenvalue weighted by Gasteiger charge is -2.32. The van der Waals surface area contributed by atoms with Gasteiger partial charge in [0.1, 0.15) is 0 Å². The third kappa shape index (κ3) is 2.73. The number of hydrogen-bond acceptors (Lipinski definition) is 3. The van der Waals surface area contributed by atoms with Crippen LogP contribution in [0.5, 0.6) is 0 Å². The molecule has 1 N–H and O–H groups in total. The summed E-state index contributed by atoms with van der Waals surface area (Å²) < 4.78 is 39.1. The van der Waals surface area contributed by atoms with Crippen LogP contribution in [0.15, 0.2) is 23.3 Å². The highest BCUT2D eigenvalue weighted by Crippen LogP contribution is 2.41. The summed E-state index contributed by atoms with van der Waals surface area (Å²) in [6, 6.07) is 3.60. The molecule has 0 radical (unpaired) electrons. The van der Waals surface area contributed by atoms with E-state index in [9.17, 15) is 23.1 Å². The zero-order valence-corrected chi connectivity index (χ0v) is 12.1. The van der Waals surface area contributed by atoms with Crippen LogP contribution in [0.1, 0.15) is 23.7 Å². The highest BCUT2D eigenvalue weighted by Gasteiger charge is 2.62. The summed E-state index contributed by atoms with van der Waals surface area (Å²) in [7, 11) is 0. The Morgan fingerprint density at radius 3 is 2.52 bits per heavy atom. The van der Waals surface area contributed by atoms with Gasteiger partial charge in [0.25, 0.3) is 11.6 Å². The number of hydrogen-bond donors (Lipinski definition) is 1. The predicted octanol–water partition coefficient (Wildman–Crippen LogP) is 3.47. The summed E-state index contributed by atoms with van der Waals surface area (Å²) in [4.78, 5) is 12.2. The molecular formula is C12H9Cl2F3N2O2. The maximum Gasteiger partial charge on any atom is 0.438 e. The Bertz CT molecular complexity index is 633. The molecule has 21 heavy (non-hydrogen) atoms. The molecule has 0 aromatic heterocycles. The fourth-order valence-electron chi connectivity index (χ4n) is 1.91. The highest BCUT2D eigenvalue weighted by atomic mass is 35.5. The lowest BCUT2D eigenvalue weighted by molar-refractivity contribution is -0.297. The Morgan fingerprint density at radius 2 is 2.00 bits per heavy atom. The van der Waals surface area contributed by atoms with E-state index in [1.54, 1.807) is 0 Å². The number of rotatable bonds is 1. The van der Waals surface area contributed by atoms with E-state index in [-0.39, 0.29) is 26.3 Å². The van der Waals surface area contributed by atoms with Crippen molar-refractivity contribution in [3.05, 3.63) is 33.8 Å². The number of halogens is 5. The molecular weight excluding hydrogens is 332 g/mol. The Labute approximate surface area is 127 Å². The van der Waals surface area contributed by atoms with E-state index in [2.05, 4.69) is 5.10 Å². The Hall–Kier alpha value is -1.31. The van der Waals surface area contributed by atoms with E-state index in [4.69, 9.17) is 23.2 Å². The molecule has 1 unspecified atom stereocenters. The number of alkyl halides is 3. The lowest BCUT2D eigenvalue weighted by atomic mass is 10.1. The van der Waals surface area contributed by atoms with Crippen LogP contribution in [-0.2, 0) is 0 Å². The molecule has 1 heterocycles. The molecule has 9 heteroatoms. The van der Waals surface area contributed by atoms with Crippen LogP contribution in [0.25, 0.3) is 0 Å². The number of benzene rings is 1. The first-order valence-electron chi connectivity index (χ1n) is 5.69. The van der Waals surface area contributed by atoms with Gasteiger partial charge < -0.3 is 5.11 Å². The fourth-order valence-corrected chi connectivity index (χ4v) is 2.20. The third-order valence-corrected chi connectivity index (χ3v) is 3.68. The zero-order valence-electron chi connectivity index (χ0n) is 10.6. The van der Waals surface area contributed by atoms with Crippen molar-refractivity contribution in [2.75, 3.05) is 0 Å². The summed E-state index contributed by atoms with van der Waals surface area (Å²) >= 11 is 11.4. The number of aliphatic hydroxyl groups is 1. The molecule has 0 aliphatic carbocycles. The van der Waals surface area contributed by atoms with Gasteiger partial charge in [-0.25, -0.2) is 0 Å². The molecule has 2 rings (SSSR count). The monoisotopic (exact) mass is 340 g/mol. The van der Waals surface area contributed by atoms with Crippen LogP contribution in [0, 0.1) is 0 Å². The molecule has 1 amide bonds. The summed E-state index contributed by atoms with van der Waals surface area (Å²) in [5.74, 6) is -1.12. The molecule has 0 saturated heterocycles. The first-order chi connectivity index (χ1) is 9.56. The van der Waals surface area contributed by atoms with E-state index >= 15 is 0 Å². The molecule has 0 fully saturated rings. The van der Waals surface area contributed by atoms with Crippen LogP contribution in [0.3, 0.4) is 0 Å². The van der Waals surface area contributed by atoms with Crippen LogP contribution < -0.4 is 0 Å². The molecule has 1 aromatic carbocycles. The first-order valence-corrected chi connectivity index (χ1v) is 6.44. The molecule has 1 atom stereocenters. The van der Waals surface area contributed by atoms with Gasteiger partial charge in [0, 0.05) is 17.7 Å². The maximum absolute atomic E-state index is 13.0. The normalized spacial score (nSPS) is 22.4. The molecule has 114 valence electrons. The molecule has 1 aliphatic heterocycles. The molecule has 0 saturated carbocycles. The first kappa shape index (κ1) is 16.1. The standard InChI is InChI=1S/C12H9Cl2F3N2O2/c1-6-5-11(21,12(15,16)17)19(18-6)10(20)7-2-3-8(13)9(14)4-7/h2-4,21H,5H2,1H3. The maximum atomic E-state index is 13.0. The Morgan fingerprint density at radius 1 is 1.38 bits per heavy atom. The van der Waals surface area contributed by atoms with Crippen molar-refractivity contribution in [2.45, 2.75) is 25.2 Å². The minimum Gasteiger partial charge on any atom is -0.362 e. The van der Waals surface area contributed by atoms with E-state index in [0.29, 0.717) is 0 Å². The predicted molar refractivity (Wildman–Crippen MR) is 71.4 cm³/mol. The SMILES string of the molecule is CC1=NN(C(=O)c2ccc(Cl)c(Cl)c2)C(O)(C(F)(F)F)C1. The van der Waals surface area contributed by atoms with Crippen molar-refractivity contribution in [1.82, 2.24) is 5.01 Å². The van der Waals surface area contributed by atoms with Crippen molar-refractivity contribution in [3.63, 3.8) is 0 Å². The molecule has 1 aromatic rings. The van der Waals surface area contributed by atoms with Crippen molar-refractivity contribution < 1.29 is 23.1 Å². The minimum atomic E-state index is -5.04. The second-order valence-electron chi connectivity index (χ2n) is 4.57. The van der Waals surface area contributed by atoms with Gasteiger partial charge >= 0.3 is 6.18 Å². The van der Waals surface area contributed by atoms with Gasteiger partial charge in [-0.05, 0) is 25.1 Å². The van der Waals surface area contributed by atoms with Crippen molar-refractivity contribution in [1.29, 1.82) is 0 Å². The van der Waals surface area contributed by atoms with Crippen molar-refractivity contribution in [2.24, 2.45) is 5.10 Å². The highest BCUT2D eigenvalue weighted by molar-refractivity contribution is 6.42. The number of nitrogens with zero attached hydrogens (tertiary/aromatic N) is 2. The summed E-state index contributed by atoms with van der Waals surface area (Å²) in [6.45, 7) is 1.29. The number of carbonyl (C=O) groups is 1. The smallest absolute Gasteiger partial charge is 0.362 e. The van der Waals surface area contributed by atoms with Gasteiger partial charge in [-0.1, -0.05) is 23.2 Å². The topological polar surface area (TPSA) is 52.9 Å². The minimum absolute atomic E-state index is 0.0109. The van der Waals surface area contributed by atoms with E-state index in [0.717, 1.165) is 6.07 Å². The average molecular weight is 341 g/mol. The molecule has 0 bridgehead atoms. The second kappa shape index (κ2) is 5.15. The number of amides is 1. The average Bonchev–Trinajstić information content (AvgIpc) is 2.68. The van der Waals surface area contributed by atoms with Gasteiger partial charge in [-0.3, -0.25) is 4.79 Å². The zero-order chi connectivity index (χ0) is 16.0. The summed E-state index contributed by atoms with van der Waals surface area (Å²) in [5, 5.41) is 13.5. The van der Waals surface area contributed by atoms with Gasteiger partial charge in [0.15, 0.2) is 0 Å². The number of carbonyl (C=O) groups excluding carboxylic acids is 1. The van der Waals surface area contributed by atoms with Gasteiger partial charge in [0.2, 0.25) is 0 Å². The second-order valence-corrected chi connectivity index (χ2v) is 5.39. The van der Waals surface area contributed by atoms with E-state index < -0.39 is 24.2 Å². The Balaban J connectivity index is 2.43. The van der Waals surface area contributed by atoms with Crippen molar-refractivity contribution >= 4 is 34.8 Å². The summed E-state index contributed by atoms with van der Waals surface area (Å²) in [5.41, 5.74) is -3.53. The number of hydrazone groups is 1. The molecule has 1 aliphatic rings.